The number of aromatic nitrogens is 2. The largest absolute Gasteiger partial charge is 0.378 e. The van der Waals surface area contributed by atoms with Gasteiger partial charge >= 0.3 is 0 Å². The van der Waals surface area contributed by atoms with E-state index in [-0.39, 0.29) is 6.10 Å². The molecule has 18 heavy (non-hydrogen) atoms. The van der Waals surface area contributed by atoms with E-state index in [4.69, 9.17) is 9.47 Å². The topological polar surface area (TPSA) is 56.3 Å². The predicted molar refractivity (Wildman–Crippen MR) is 77.6 cm³/mol. The normalized spacial score (nSPS) is 19.2. The Labute approximate surface area is 121 Å². The van der Waals surface area contributed by atoms with Gasteiger partial charge < -0.3 is 14.8 Å². The molecule has 2 heterocycles. The first-order valence-electron chi connectivity index (χ1n) is 6.17. The first-order valence-corrected chi connectivity index (χ1v) is 7.24. The van der Waals surface area contributed by atoms with Crippen molar-refractivity contribution in [1.82, 2.24) is 9.97 Å². The molecule has 1 unspecified atom stereocenters. The number of hydrogen-bond donors (Lipinski definition) is 1. The first kappa shape index (κ1) is 14.0. The van der Waals surface area contributed by atoms with Gasteiger partial charge in [-0.05, 0) is 42.4 Å². The summed E-state index contributed by atoms with van der Waals surface area (Å²) >= 11 is 2.26. The fourth-order valence-corrected chi connectivity index (χ4v) is 2.54. The molecule has 1 aromatic heterocycles. The van der Waals surface area contributed by atoms with Gasteiger partial charge in [0.15, 0.2) is 5.82 Å². The highest BCUT2D eigenvalue weighted by molar-refractivity contribution is 14.1. The summed E-state index contributed by atoms with van der Waals surface area (Å²) in [5, 5.41) is 3.27. The molecular weight excluding hydrogens is 345 g/mol. The Bertz CT molecular complexity index is 381. The number of hydrogen-bond acceptors (Lipinski definition) is 5. The van der Waals surface area contributed by atoms with Gasteiger partial charge in [0.1, 0.15) is 11.9 Å². The number of ether oxygens (including phenoxy) is 2. The Morgan fingerprint density at radius 1 is 1.50 bits per heavy atom. The van der Waals surface area contributed by atoms with Gasteiger partial charge in [-0.2, -0.15) is 0 Å². The van der Waals surface area contributed by atoms with E-state index in [1.807, 2.05) is 0 Å². The zero-order valence-electron chi connectivity index (χ0n) is 10.7. The highest BCUT2D eigenvalue weighted by Gasteiger charge is 2.23. The molecule has 0 bridgehead atoms. The van der Waals surface area contributed by atoms with Crippen LogP contribution in [0.2, 0.25) is 0 Å². The average molecular weight is 363 g/mol. The highest BCUT2D eigenvalue weighted by Crippen LogP contribution is 2.29. The lowest BCUT2D eigenvalue weighted by atomic mass is 10.2. The van der Waals surface area contributed by atoms with Crippen LogP contribution >= 0.6 is 22.6 Å². The van der Waals surface area contributed by atoms with Crippen molar-refractivity contribution in [2.24, 2.45) is 0 Å². The molecule has 0 aromatic carbocycles. The van der Waals surface area contributed by atoms with Crippen LogP contribution in [0.1, 0.15) is 37.4 Å². The third kappa shape index (κ3) is 3.10. The van der Waals surface area contributed by atoms with Gasteiger partial charge in [-0.15, -0.1) is 0 Å². The second kappa shape index (κ2) is 6.63. The lowest BCUT2D eigenvalue weighted by Crippen LogP contribution is -2.12. The maximum Gasteiger partial charge on any atom is 0.159 e. The molecule has 1 aliphatic rings. The number of rotatable bonds is 5. The minimum Gasteiger partial charge on any atom is -0.378 e. The van der Waals surface area contributed by atoms with Crippen molar-refractivity contribution < 1.29 is 9.47 Å². The van der Waals surface area contributed by atoms with E-state index >= 15 is 0 Å². The van der Waals surface area contributed by atoms with Crippen LogP contribution in [0, 0.1) is 3.57 Å². The Morgan fingerprint density at radius 2 is 2.33 bits per heavy atom. The number of anilines is 1. The van der Waals surface area contributed by atoms with Crippen LogP contribution in [0.5, 0.6) is 0 Å². The third-order valence-corrected chi connectivity index (χ3v) is 3.91. The van der Waals surface area contributed by atoms with E-state index in [1.165, 1.54) is 0 Å². The van der Waals surface area contributed by atoms with E-state index in [0.717, 1.165) is 46.9 Å². The summed E-state index contributed by atoms with van der Waals surface area (Å²) in [5.74, 6) is 1.65. The lowest BCUT2D eigenvalue weighted by Gasteiger charge is -2.14. The van der Waals surface area contributed by atoms with Crippen LogP contribution in [0.3, 0.4) is 0 Å². The smallest absolute Gasteiger partial charge is 0.159 e. The van der Waals surface area contributed by atoms with Crippen molar-refractivity contribution in [3.05, 3.63) is 15.1 Å². The summed E-state index contributed by atoms with van der Waals surface area (Å²) < 4.78 is 11.9. The van der Waals surface area contributed by atoms with Crippen molar-refractivity contribution in [3.8, 4) is 0 Å². The molecule has 1 saturated heterocycles. The molecule has 1 atom stereocenters. The Hall–Kier alpha value is -0.470. The first-order chi connectivity index (χ1) is 8.76. The van der Waals surface area contributed by atoms with Crippen molar-refractivity contribution in [3.63, 3.8) is 0 Å². The molecule has 1 fully saturated rings. The molecule has 5 nitrogen and oxygen atoms in total. The van der Waals surface area contributed by atoms with E-state index in [9.17, 15) is 0 Å². The van der Waals surface area contributed by atoms with Gasteiger partial charge in [-0.3, -0.25) is 0 Å². The maximum absolute atomic E-state index is 5.65. The van der Waals surface area contributed by atoms with Gasteiger partial charge in [0.05, 0.1) is 15.9 Å². The summed E-state index contributed by atoms with van der Waals surface area (Å²) in [7, 11) is 1.68. The van der Waals surface area contributed by atoms with Crippen LogP contribution in [0.25, 0.3) is 0 Å². The highest BCUT2D eigenvalue weighted by atomic mass is 127. The Balaban J connectivity index is 2.33. The van der Waals surface area contributed by atoms with Gasteiger partial charge in [0.2, 0.25) is 0 Å². The molecule has 0 saturated carbocycles. The molecule has 1 aromatic rings. The number of halogens is 1. The van der Waals surface area contributed by atoms with E-state index in [2.05, 4.69) is 44.8 Å². The Morgan fingerprint density at radius 3 is 2.94 bits per heavy atom. The molecule has 0 aliphatic carbocycles. The minimum absolute atomic E-state index is 0.0370. The van der Waals surface area contributed by atoms with Gasteiger partial charge in [-0.25, -0.2) is 9.97 Å². The number of nitrogens with zero attached hydrogens (tertiary/aromatic N) is 2. The van der Waals surface area contributed by atoms with Gasteiger partial charge in [0, 0.05) is 20.3 Å². The fraction of sp³-hybridized carbons (Fsp3) is 0.667. The maximum atomic E-state index is 5.65. The van der Waals surface area contributed by atoms with Gasteiger partial charge in [0.25, 0.3) is 0 Å². The second-order valence-corrected chi connectivity index (χ2v) is 5.23. The standard InChI is InChI=1S/C12H18IN3O2/c1-3-14-12-10(13)8(7-17-2)15-11(16-12)9-5-4-6-18-9/h9H,3-7H2,1-2H3,(H,14,15,16). The molecule has 0 spiro atoms. The zero-order chi connectivity index (χ0) is 13.0. The molecular formula is C12H18IN3O2. The van der Waals surface area contributed by atoms with Gasteiger partial charge in [-0.1, -0.05) is 0 Å². The molecule has 0 amide bonds. The van der Waals surface area contributed by atoms with Crippen LogP contribution in [-0.4, -0.2) is 30.2 Å². The minimum atomic E-state index is 0.0370. The monoisotopic (exact) mass is 363 g/mol. The summed E-state index contributed by atoms with van der Waals surface area (Å²) in [6.45, 7) is 4.19. The number of nitrogens with one attached hydrogen (secondary N) is 1. The van der Waals surface area contributed by atoms with Crippen molar-refractivity contribution in [2.45, 2.75) is 32.5 Å². The average Bonchev–Trinajstić information content (AvgIpc) is 2.88. The lowest BCUT2D eigenvalue weighted by molar-refractivity contribution is 0.104. The van der Waals surface area contributed by atoms with Crippen LogP contribution in [0.4, 0.5) is 5.82 Å². The Kier molecular flexibility index (Phi) is 5.13. The molecule has 1 aliphatic heterocycles. The van der Waals surface area contributed by atoms with Crippen LogP contribution in [-0.2, 0) is 16.1 Å². The molecule has 1 N–H and O–H groups in total. The SMILES string of the molecule is CCNc1nc(C2CCCO2)nc(COC)c1I. The summed E-state index contributed by atoms with van der Waals surface area (Å²) in [4.78, 5) is 9.15. The fourth-order valence-electron chi connectivity index (χ4n) is 1.95. The quantitative estimate of drug-likeness (QED) is 0.815. The summed E-state index contributed by atoms with van der Waals surface area (Å²) in [5.41, 5.74) is 0.926. The predicted octanol–water partition coefficient (Wildman–Crippen LogP) is 2.51. The van der Waals surface area contributed by atoms with Crippen LogP contribution in [0.15, 0.2) is 0 Å². The van der Waals surface area contributed by atoms with Crippen molar-refractivity contribution in [2.75, 3.05) is 25.6 Å². The molecule has 6 heteroatoms. The van der Waals surface area contributed by atoms with E-state index in [0.29, 0.717) is 6.61 Å². The third-order valence-electron chi connectivity index (χ3n) is 2.78. The van der Waals surface area contributed by atoms with Crippen molar-refractivity contribution in [1.29, 1.82) is 0 Å². The van der Waals surface area contributed by atoms with E-state index in [1.54, 1.807) is 7.11 Å². The van der Waals surface area contributed by atoms with Crippen LogP contribution < -0.4 is 5.32 Å². The number of methoxy groups -OCH3 is 1. The van der Waals surface area contributed by atoms with Crippen molar-refractivity contribution >= 4 is 28.4 Å². The molecule has 100 valence electrons. The van der Waals surface area contributed by atoms with E-state index < -0.39 is 0 Å². The molecule has 0 radical (unpaired) electrons. The zero-order valence-corrected chi connectivity index (χ0v) is 12.9. The molecule has 2 rings (SSSR count). The summed E-state index contributed by atoms with van der Waals surface area (Å²) in [6, 6.07) is 0. The second-order valence-electron chi connectivity index (χ2n) is 4.16. The summed E-state index contributed by atoms with van der Waals surface area (Å²) in [6.07, 6.45) is 2.12.